The molecule has 0 unspecified atom stereocenters. The number of benzene rings is 1. The number of rotatable bonds is 3. The van der Waals surface area contributed by atoms with Gasteiger partial charge in [-0.3, -0.25) is 0 Å². The Kier molecular flexibility index (Phi) is 3.46. The maximum absolute atomic E-state index is 5.76. The summed E-state index contributed by atoms with van der Waals surface area (Å²) < 4.78 is 6.42. The van der Waals surface area contributed by atoms with Crippen molar-refractivity contribution in [2.75, 3.05) is 5.73 Å². The second-order valence-electron chi connectivity index (χ2n) is 3.22. The average molecular weight is 299 g/mol. The average Bonchev–Trinajstić information content (AvgIpc) is 2.73. The van der Waals surface area contributed by atoms with Gasteiger partial charge in [0.05, 0.1) is 10.2 Å². The molecule has 2 rings (SSSR count). The Morgan fingerprint density at radius 1 is 1.50 bits per heavy atom. The molecule has 2 aromatic rings. The van der Waals surface area contributed by atoms with Gasteiger partial charge in [-0.05, 0) is 34.5 Å². The molecule has 0 bridgehead atoms. The van der Waals surface area contributed by atoms with Crippen molar-refractivity contribution >= 4 is 33.0 Å². The van der Waals surface area contributed by atoms with E-state index < -0.39 is 0 Å². The first-order valence-corrected chi connectivity index (χ1v) is 6.54. The van der Waals surface area contributed by atoms with E-state index in [1.54, 1.807) is 0 Å². The van der Waals surface area contributed by atoms with Gasteiger partial charge in [0.25, 0.3) is 5.19 Å². The van der Waals surface area contributed by atoms with E-state index in [1.165, 1.54) is 11.3 Å². The summed E-state index contributed by atoms with van der Waals surface area (Å²) in [5, 5.41) is 2.64. The molecule has 0 fully saturated rings. The van der Waals surface area contributed by atoms with Crippen molar-refractivity contribution < 1.29 is 4.74 Å². The van der Waals surface area contributed by atoms with Gasteiger partial charge in [-0.2, -0.15) is 0 Å². The van der Waals surface area contributed by atoms with Gasteiger partial charge in [-0.1, -0.05) is 24.3 Å². The number of nitrogens with zero attached hydrogens (tertiary/aromatic N) is 1. The first-order valence-electron chi connectivity index (χ1n) is 4.87. The van der Waals surface area contributed by atoms with Gasteiger partial charge in [0.1, 0.15) is 5.75 Å². The minimum atomic E-state index is 0.642. The van der Waals surface area contributed by atoms with Gasteiger partial charge in [0.2, 0.25) is 0 Å². The fourth-order valence-electron chi connectivity index (χ4n) is 1.20. The molecule has 16 heavy (non-hydrogen) atoms. The van der Waals surface area contributed by atoms with E-state index in [4.69, 9.17) is 10.5 Å². The quantitative estimate of drug-likeness (QED) is 0.876. The smallest absolute Gasteiger partial charge is 0.278 e. The van der Waals surface area contributed by atoms with E-state index in [0.29, 0.717) is 16.6 Å². The molecule has 2 N–H and O–H groups in total. The van der Waals surface area contributed by atoms with E-state index in [2.05, 4.69) is 27.8 Å². The van der Waals surface area contributed by atoms with E-state index >= 15 is 0 Å². The highest BCUT2D eigenvalue weighted by Gasteiger charge is 2.08. The van der Waals surface area contributed by atoms with Crippen LogP contribution in [0.4, 0.5) is 5.69 Å². The minimum absolute atomic E-state index is 0.642. The summed E-state index contributed by atoms with van der Waals surface area (Å²) in [6.07, 6.45) is 0.915. The molecule has 5 heteroatoms. The summed E-state index contributed by atoms with van der Waals surface area (Å²) in [6.45, 7) is 2.06. The third-order valence-corrected chi connectivity index (χ3v) is 3.70. The van der Waals surface area contributed by atoms with Crippen LogP contribution in [0.2, 0.25) is 0 Å². The predicted molar refractivity (Wildman–Crippen MR) is 70.1 cm³/mol. The molecule has 0 saturated carbocycles. The fourth-order valence-corrected chi connectivity index (χ4v) is 2.31. The summed E-state index contributed by atoms with van der Waals surface area (Å²) in [7, 11) is 0. The molecule has 0 spiro atoms. The van der Waals surface area contributed by atoms with Crippen molar-refractivity contribution in [2.24, 2.45) is 0 Å². The van der Waals surface area contributed by atoms with Crippen LogP contribution in [-0.2, 0) is 6.42 Å². The third-order valence-electron chi connectivity index (χ3n) is 2.08. The van der Waals surface area contributed by atoms with E-state index in [1.807, 2.05) is 23.6 Å². The largest absolute Gasteiger partial charge is 0.430 e. The van der Waals surface area contributed by atoms with Crippen LogP contribution < -0.4 is 10.5 Å². The number of hydrogen-bond acceptors (Lipinski definition) is 4. The van der Waals surface area contributed by atoms with Crippen LogP contribution in [0, 0.1) is 0 Å². The van der Waals surface area contributed by atoms with Gasteiger partial charge in [-0.25, -0.2) is 4.98 Å². The lowest BCUT2D eigenvalue weighted by Crippen LogP contribution is -1.90. The minimum Gasteiger partial charge on any atom is -0.430 e. The van der Waals surface area contributed by atoms with Crippen molar-refractivity contribution in [3.63, 3.8) is 0 Å². The van der Waals surface area contributed by atoms with Gasteiger partial charge < -0.3 is 10.5 Å². The predicted octanol–water partition coefficient (Wildman–Crippen LogP) is 3.84. The topological polar surface area (TPSA) is 48.1 Å². The lowest BCUT2D eigenvalue weighted by molar-refractivity contribution is 0.475. The Morgan fingerprint density at radius 2 is 2.31 bits per heavy atom. The molecule has 0 aliphatic heterocycles. The molecule has 0 atom stereocenters. The van der Waals surface area contributed by atoms with Crippen molar-refractivity contribution in [1.29, 1.82) is 0 Å². The fraction of sp³-hybridized carbons (Fsp3) is 0.182. The molecule has 84 valence electrons. The number of hydrogen-bond donors (Lipinski definition) is 1. The van der Waals surface area contributed by atoms with E-state index in [0.717, 1.165) is 16.6 Å². The maximum atomic E-state index is 5.76. The zero-order chi connectivity index (χ0) is 11.5. The SMILES string of the molecule is CCc1csc(Oc2cccc(N)c2Br)n1. The van der Waals surface area contributed by atoms with Gasteiger partial charge in [0.15, 0.2) is 0 Å². The number of thiazole rings is 1. The molecule has 0 amide bonds. The Balaban J connectivity index is 2.23. The van der Waals surface area contributed by atoms with Crippen LogP contribution in [0.5, 0.6) is 10.9 Å². The third kappa shape index (κ3) is 2.36. The highest BCUT2D eigenvalue weighted by Crippen LogP contribution is 2.34. The molecule has 1 aromatic heterocycles. The normalized spacial score (nSPS) is 10.4. The van der Waals surface area contributed by atoms with Gasteiger partial charge in [-0.15, -0.1) is 0 Å². The number of nitrogen functional groups attached to an aromatic ring is 1. The Morgan fingerprint density at radius 3 is 3.00 bits per heavy atom. The van der Waals surface area contributed by atoms with E-state index in [-0.39, 0.29) is 0 Å². The molecule has 3 nitrogen and oxygen atoms in total. The molecular weight excluding hydrogens is 288 g/mol. The van der Waals surface area contributed by atoms with Crippen molar-refractivity contribution in [1.82, 2.24) is 4.98 Å². The maximum Gasteiger partial charge on any atom is 0.278 e. The Hall–Kier alpha value is -1.07. The van der Waals surface area contributed by atoms with Gasteiger partial charge in [0, 0.05) is 11.1 Å². The monoisotopic (exact) mass is 298 g/mol. The molecule has 0 aliphatic rings. The van der Waals surface area contributed by atoms with Crippen LogP contribution >= 0.6 is 27.3 Å². The molecule has 1 heterocycles. The van der Waals surface area contributed by atoms with E-state index in [9.17, 15) is 0 Å². The zero-order valence-electron chi connectivity index (χ0n) is 8.74. The lowest BCUT2D eigenvalue weighted by Gasteiger charge is -2.05. The van der Waals surface area contributed by atoms with Crippen molar-refractivity contribution in [3.8, 4) is 10.9 Å². The molecule has 0 aliphatic carbocycles. The highest BCUT2D eigenvalue weighted by molar-refractivity contribution is 9.10. The zero-order valence-corrected chi connectivity index (χ0v) is 11.1. The van der Waals surface area contributed by atoms with Crippen LogP contribution in [0.1, 0.15) is 12.6 Å². The molecule has 0 radical (unpaired) electrons. The summed E-state index contributed by atoms with van der Waals surface area (Å²) >= 11 is 4.88. The first-order chi connectivity index (χ1) is 7.70. The van der Waals surface area contributed by atoms with Crippen molar-refractivity contribution in [2.45, 2.75) is 13.3 Å². The second-order valence-corrected chi connectivity index (χ2v) is 4.83. The summed E-state index contributed by atoms with van der Waals surface area (Å²) in [5.41, 5.74) is 7.46. The molecule has 1 aromatic carbocycles. The van der Waals surface area contributed by atoms with Crippen molar-refractivity contribution in [3.05, 3.63) is 33.7 Å². The number of aromatic nitrogens is 1. The molecular formula is C11H11BrN2OS. The lowest BCUT2D eigenvalue weighted by atomic mass is 10.3. The number of halogens is 1. The van der Waals surface area contributed by atoms with Crippen LogP contribution in [0.3, 0.4) is 0 Å². The number of aryl methyl sites for hydroxylation is 1. The molecule has 0 saturated heterocycles. The second kappa shape index (κ2) is 4.84. The van der Waals surface area contributed by atoms with Crippen LogP contribution in [0.25, 0.3) is 0 Å². The van der Waals surface area contributed by atoms with Crippen LogP contribution in [0.15, 0.2) is 28.1 Å². The van der Waals surface area contributed by atoms with Crippen LogP contribution in [-0.4, -0.2) is 4.98 Å². The number of anilines is 1. The first kappa shape index (κ1) is 11.4. The summed E-state index contributed by atoms with van der Waals surface area (Å²) in [4.78, 5) is 4.33. The number of ether oxygens (including phenoxy) is 1. The number of nitrogens with two attached hydrogens (primary N) is 1. The highest BCUT2D eigenvalue weighted by atomic mass is 79.9. The Bertz CT molecular complexity index is 498. The summed E-state index contributed by atoms with van der Waals surface area (Å²) in [5.74, 6) is 0.692. The Labute approximate surface area is 106 Å². The standard InChI is InChI=1S/C11H11BrN2OS/c1-2-7-6-16-11(14-7)15-9-5-3-4-8(13)10(9)12/h3-6H,2,13H2,1H3. The summed E-state index contributed by atoms with van der Waals surface area (Å²) in [6, 6.07) is 5.52. The van der Waals surface area contributed by atoms with Gasteiger partial charge >= 0.3 is 0 Å².